The molecule has 1 aliphatic rings. The smallest absolute Gasteiger partial charge is 0.245 e. The molecule has 0 aromatic heterocycles. The molecule has 1 aromatic rings. The van der Waals surface area contributed by atoms with E-state index in [1.165, 1.54) is 0 Å². The molecule has 4 nitrogen and oxygen atoms in total. The van der Waals surface area contributed by atoms with Gasteiger partial charge >= 0.3 is 0 Å². The van der Waals surface area contributed by atoms with E-state index in [9.17, 15) is 4.79 Å². The molecule has 0 saturated heterocycles. The molecule has 2 rings (SSSR count). The molecule has 0 bridgehead atoms. The van der Waals surface area contributed by atoms with Crippen molar-refractivity contribution in [1.82, 2.24) is 4.90 Å². The second-order valence-electron chi connectivity index (χ2n) is 4.28. The first-order valence-electron chi connectivity index (χ1n) is 5.96. The highest BCUT2D eigenvalue weighted by molar-refractivity contribution is 9.10. The van der Waals surface area contributed by atoms with E-state index in [1.807, 2.05) is 18.2 Å². The van der Waals surface area contributed by atoms with Gasteiger partial charge in [0.2, 0.25) is 5.91 Å². The summed E-state index contributed by atoms with van der Waals surface area (Å²) in [5.41, 5.74) is 1.69. The Kier molecular flexibility index (Phi) is 4.69. The number of halogens is 2. The third-order valence-electron chi connectivity index (χ3n) is 3.00. The first kappa shape index (κ1) is 14.9. The molecule has 1 aromatic carbocycles. The highest BCUT2D eigenvalue weighted by Gasteiger charge is 2.27. The summed E-state index contributed by atoms with van der Waals surface area (Å²) in [5.74, 6) is 0.489. The molecule has 0 spiro atoms. The fourth-order valence-corrected chi connectivity index (χ4v) is 2.78. The molecule has 1 atom stereocenters. The van der Waals surface area contributed by atoms with Gasteiger partial charge < -0.3 is 9.64 Å². The first-order chi connectivity index (χ1) is 9.54. The predicted octanol–water partition coefficient (Wildman–Crippen LogP) is 3.16. The molecule has 0 aliphatic carbocycles. The summed E-state index contributed by atoms with van der Waals surface area (Å²) in [4.78, 5) is 13.5. The Bertz CT molecular complexity index is 610. The highest BCUT2D eigenvalue weighted by Crippen LogP contribution is 2.33. The van der Waals surface area contributed by atoms with E-state index in [-0.39, 0.29) is 12.5 Å². The third kappa shape index (κ3) is 2.97. The highest BCUT2D eigenvalue weighted by atomic mass is 79.9. The van der Waals surface area contributed by atoms with Gasteiger partial charge in [-0.15, -0.1) is 11.6 Å². The van der Waals surface area contributed by atoms with E-state index in [0.717, 1.165) is 15.7 Å². The van der Waals surface area contributed by atoms with Gasteiger partial charge in [-0.2, -0.15) is 5.26 Å². The molecule has 0 radical (unpaired) electrons. The zero-order valence-corrected chi connectivity index (χ0v) is 13.1. The molecule has 0 N–H and O–H groups in total. The zero-order chi connectivity index (χ0) is 14.7. The summed E-state index contributed by atoms with van der Waals surface area (Å²) in [7, 11) is 1.70. The van der Waals surface area contributed by atoms with Crippen LogP contribution in [0, 0.1) is 11.3 Å². The second kappa shape index (κ2) is 6.29. The Morgan fingerprint density at radius 3 is 3.00 bits per heavy atom. The lowest BCUT2D eigenvalue weighted by atomic mass is 10.0. The second-order valence-corrected chi connectivity index (χ2v) is 5.66. The van der Waals surface area contributed by atoms with Gasteiger partial charge in [0.15, 0.2) is 6.61 Å². The molecule has 1 aliphatic heterocycles. The first-order valence-corrected chi connectivity index (χ1v) is 7.19. The maximum Gasteiger partial charge on any atom is 0.245 e. The van der Waals surface area contributed by atoms with Crippen LogP contribution in [0.4, 0.5) is 0 Å². The zero-order valence-electron chi connectivity index (χ0n) is 10.8. The van der Waals surface area contributed by atoms with Gasteiger partial charge in [0, 0.05) is 22.8 Å². The number of carbonyl (C=O) groups is 1. The number of allylic oxidation sites excluding steroid dienone is 1. The number of alkyl halides is 1. The third-order valence-corrected chi connectivity index (χ3v) is 4.02. The van der Waals surface area contributed by atoms with Crippen LogP contribution in [0.15, 0.2) is 28.7 Å². The Hall–Kier alpha value is -1.51. The van der Waals surface area contributed by atoms with Crippen LogP contribution >= 0.6 is 27.5 Å². The van der Waals surface area contributed by atoms with E-state index < -0.39 is 5.38 Å². The molecule has 20 heavy (non-hydrogen) atoms. The van der Waals surface area contributed by atoms with E-state index in [0.29, 0.717) is 12.2 Å². The molecule has 6 heteroatoms. The number of benzene rings is 1. The summed E-state index contributed by atoms with van der Waals surface area (Å²) in [6.45, 7) is 0.000793. The molecule has 1 amide bonds. The van der Waals surface area contributed by atoms with Crippen molar-refractivity contribution >= 4 is 39.1 Å². The number of nitrogens with zero attached hydrogens (tertiary/aromatic N) is 2. The van der Waals surface area contributed by atoms with Crippen LogP contribution in [0.2, 0.25) is 0 Å². The number of ether oxygens (including phenoxy) is 1. The van der Waals surface area contributed by atoms with Crippen molar-refractivity contribution in [3.63, 3.8) is 0 Å². The summed E-state index contributed by atoms with van der Waals surface area (Å²) < 4.78 is 6.03. The summed E-state index contributed by atoms with van der Waals surface area (Å²) in [6.07, 6.45) is 2.45. The lowest BCUT2D eigenvalue weighted by Crippen LogP contribution is -2.35. The fraction of sp³-hybridized carbons (Fsp3) is 0.286. The predicted molar refractivity (Wildman–Crippen MR) is 80.3 cm³/mol. The number of amides is 1. The maximum atomic E-state index is 11.9. The van der Waals surface area contributed by atoms with E-state index in [2.05, 4.69) is 15.9 Å². The van der Waals surface area contributed by atoms with Gasteiger partial charge in [-0.25, -0.2) is 0 Å². The van der Waals surface area contributed by atoms with Gasteiger partial charge in [0.05, 0.1) is 0 Å². The van der Waals surface area contributed by atoms with Crippen molar-refractivity contribution in [3.05, 3.63) is 34.3 Å². The van der Waals surface area contributed by atoms with Crippen LogP contribution in [0.5, 0.6) is 5.75 Å². The molecular weight excluding hydrogens is 344 g/mol. The Labute approximate surface area is 130 Å². The van der Waals surface area contributed by atoms with Crippen LogP contribution in [0.3, 0.4) is 0 Å². The van der Waals surface area contributed by atoms with Crippen molar-refractivity contribution < 1.29 is 9.53 Å². The Morgan fingerprint density at radius 2 is 2.35 bits per heavy atom. The summed E-state index contributed by atoms with van der Waals surface area (Å²) in [6, 6.07) is 7.31. The minimum absolute atomic E-state index is 0.000793. The molecule has 104 valence electrons. The van der Waals surface area contributed by atoms with Crippen LogP contribution < -0.4 is 4.74 Å². The number of carbonyl (C=O) groups excluding carboxylic acids is 1. The van der Waals surface area contributed by atoms with E-state index >= 15 is 0 Å². The van der Waals surface area contributed by atoms with Crippen molar-refractivity contribution in [3.8, 4) is 11.8 Å². The number of nitriles is 1. The maximum absolute atomic E-state index is 11.9. The van der Waals surface area contributed by atoms with Gasteiger partial charge in [-0.05, 0) is 40.5 Å². The number of rotatable bonds is 3. The van der Waals surface area contributed by atoms with Crippen LogP contribution in [0.25, 0.3) is 5.70 Å². The number of hydrogen-bond acceptors (Lipinski definition) is 3. The fourth-order valence-electron chi connectivity index (χ4n) is 1.98. The average molecular weight is 356 g/mol. The van der Waals surface area contributed by atoms with Crippen molar-refractivity contribution in [2.24, 2.45) is 0 Å². The normalized spacial score (nSPS) is 18.5. The quantitative estimate of drug-likeness (QED) is 0.783. The lowest BCUT2D eigenvalue weighted by Gasteiger charge is -2.28. The van der Waals surface area contributed by atoms with Crippen LogP contribution in [0.1, 0.15) is 12.0 Å². The van der Waals surface area contributed by atoms with Crippen LogP contribution in [-0.2, 0) is 4.79 Å². The van der Waals surface area contributed by atoms with E-state index in [4.69, 9.17) is 21.6 Å². The van der Waals surface area contributed by atoms with Crippen molar-refractivity contribution in [2.45, 2.75) is 11.8 Å². The van der Waals surface area contributed by atoms with Crippen LogP contribution in [-0.4, -0.2) is 29.8 Å². The Morgan fingerprint density at radius 1 is 1.60 bits per heavy atom. The standard InChI is InChI=1S/C14H12BrClN2O2/c1-18-13(5-4-12(16)14(18)19)10-3-2-9(8-11(10)15)20-7-6-17/h2-3,5,8,12H,4,7H2,1H3. The minimum Gasteiger partial charge on any atom is -0.479 e. The number of hydrogen-bond donors (Lipinski definition) is 0. The minimum atomic E-state index is -0.499. The van der Waals surface area contributed by atoms with E-state index in [1.54, 1.807) is 24.1 Å². The summed E-state index contributed by atoms with van der Waals surface area (Å²) in [5, 5.41) is 7.99. The Balaban J connectivity index is 2.30. The topological polar surface area (TPSA) is 53.3 Å². The summed E-state index contributed by atoms with van der Waals surface area (Å²) >= 11 is 9.40. The van der Waals surface area contributed by atoms with Gasteiger partial charge in [-0.1, -0.05) is 6.08 Å². The molecule has 0 fully saturated rings. The molecule has 0 saturated carbocycles. The SMILES string of the molecule is CN1C(=O)C(Cl)CC=C1c1ccc(OCC#N)cc1Br. The average Bonchev–Trinajstić information content (AvgIpc) is 2.44. The molecule has 1 unspecified atom stereocenters. The molecular formula is C14H12BrClN2O2. The lowest BCUT2D eigenvalue weighted by molar-refractivity contribution is -0.126. The molecule has 1 heterocycles. The largest absolute Gasteiger partial charge is 0.479 e. The van der Waals surface area contributed by atoms with Gasteiger partial charge in [0.1, 0.15) is 17.2 Å². The van der Waals surface area contributed by atoms with Crippen molar-refractivity contribution in [2.75, 3.05) is 13.7 Å². The van der Waals surface area contributed by atoms with Gasteiger partial charge in [0.25, 0.3) is 0 Å². The monoisotopic (exact) mass is 354 g/mol. The van der Waals surface area contributed by atoms with Crippen molar-refractivity contribution in [1.29, 1.82) is 5.26 Å². The van der Waals surface area contributed by atoms with Gasteiger partial charge in [-0.3, -0.25) is 4.79 Å².